The molecule has 0 amide bonds. The van der Waals surface area contributed by atoms with Crippen molar-refractivity contribution in [2.24, 2.45) is 7.05 Å². The summed E-state index contributed by atoms with van der Waals surface area (Å²) in [6.07, 6.45) is 1.48. The molecular weight excluding hydrogens is 146 g/mol. The molecule has 11 heavy (non-hydrogen) atoms. The zero-order valence-corrected chi connectivity index (χ0v) is 6.44. The van der Waals surface area contributed by atoms with Crippen molar-refractivity contribution in [1.29, 1.82) is 0 Å². The minimum Gasteiger partial charge on any atom is -0.376 e. The van der Waals surface area contributed by atoms with Crippen LogP contribution in [0.4, 0.5) is 0 Å². The van der Waals surface area contributed by atoms with Crippen molar-refractivity contribution in [3.63, 3.8) is 0 Å². The van der Waals surface area contributed by atoms with Gasteiger partial charge in [0.05, 0.1) is 0 Å². The molecule has 0 saturated heterocycles. The Morgan fingerprint density at radius 3 is 3.00 bits per heavy atom. The third kappa shape index (κ3) is 1.84. The van der Waals surface area contributed by atoms with Gasteiger partial charge in [-0.25, -0.2) is 4.98 Å². The fourth-order valence-corrected chi connectivity index (χ4v) is 0.663. The molecule has 0 bridgehead atoms. The van der Waals surface area contributed by atoms with Crippen LogP contribution in [-0.4, -0.2) is 34.3 Å². The number of Topliss-reactive ketones (excluding diaryl/α,β-unsaturated/α-hetero) is 1. The van der Waals surface area contributed by atoms with E-state index in [1.165, 1.54) is 18.1 Å². The number of hydrogen-bond acceptors (Lipinski definition) is 4. The fourth-order valence-electron chi connectivity index (χ4n) is 0.663. The Hall–Kier alpha value is -1.23. The quantitative estimate of drug-likeness (QED) is 0.559. The molecule has 1 heterocycles. The Bertz CT molecular complexity index is 256. The number of hydrogen-bond donors (Lipinski definition) is 0. The van der Waals surface area contributed by atoms with Crippen LogP contribution in [0.3, 0.4) is 0 Å². The molecule has 0 aliphatic carbocycles. The molecular formula is C6H9N3O2. The first-order valence-corrected chi connectivity index (χ1v) is 3.12. The highest BCUT2D eigenvalue weighted by atomic mass is 16.5. The lowest BCUT2D eigenvalue weighted by Gasteiger charge is -1.91. The van der Waals surface area contributed by atoms with E-state index in [9.17, 15) is 4.79 Å². The van der Waals surface area contributed by atoms with Crippen molar-refractivity contribution in [2.75, 3.05) is 13.7 Å². The molecule has 1 rings (SSSR count). The fraction of sp³-hybridized carbons (Fsp3) is 0.500. The van der Waals surface area contributed by atoms with Gasteiger partial charge in [-0.15, -0.1) is 5.10 Å². The molecule has 0 spiro atoms. The van der Waals surface area contributed by atoms with Gasteiger partial charge in [0.1, 0.15) is 12.9 Å². The first-order chi connectivity index (χ1) is 5.24. The standard InChI is InChI=1S/C6H9N3O2/c1-9-4-7-6(8-9)5(10)3-11-2/h4H,3H2,1-2H3. The number of ether oxygens (including phenoxy) is 1. The van der Waals surface area contributed by atoms with E-state index < -0.39 is 0 Å². The van der Waals surface area contributed by atoms with Crippen LogP contribution in [0.25, 0.3) is 0 Å². The van der Waals surface area contributed by atoms with E-state index in [0.717, 1.165) is 0 Å². The summed E-state index contributed by atoms with van der Waals surface area (Å²) >= 11 is 0. The van der Waals surface area contributed by atoms with Gasteiger partial charge in [-0.3, -0.25) is 9.48 Å². The Kier molecular flexibility index (Phi) is 2.32. The van der Waals surface area contributed by atoms with Crippen LogP contribution in [0.1, 0.15) is 10.6 Å². The predicted octanol–water partition coefficient (Wildman–Crippen LogP) is -0.356. The van der Waals surface area contributed by atoms with Gasteiger partial charge < -0.3 is 4.74 Å². The Morgan fingerprint density at radius 2 is 2.55 bits per heavy atom. The van der Waals surface area contributed by atoms with Crippen molar-refractivity contribution in [2.45, 2.75) is 0 Å². The van der Waals surface area contributed by atoms with Gasteiger partial charge in [-0.05, 0) is 0 Å². The third-order valence-electron chi connectivity index (χ3n) is 1.12. The molecule has 0 atom stereocenters. The second-order valence-electron chi connectivity index (χ2n) is 2.10. The molecule has 0 unspecified atom stereocenters. The molecule has 1 aromatic heterocycles. The van der Waals surface area contributed by atoms with Gasteiger partial charge >= 0.3 is 0 Å². The lowest BCUT2D eigenvalue weighted by molar-refractivity contribution is 0.0837. The number of rotatable bonds is 3. The number of carbonyl (C=O) groups excluding carboxylic acids is 1. The van der Waals surface area contributed by atoms with Crippen molar-refractivity contribution in [3.8, 4) is 0 Å². The van der Waals surface area contributed by atoms with Gasteiger partial charge in [-0.2, -0.15) is 0 Å². The van der Waals surface area contributed by atoms with Crippen molar-refractivity contribution < 1.29 is 9.53 Å². The first-order valence-electron chi connectivity index (χ1n) is 3.12. The highest BCUT2D eigenvalue weighted by molar-refractivity contribution is 5.93. The molecule has 5 nitrogen and oxygen atoms in total. The summed E-state index contributed by atoms with van der Waals surface area (Å²) in [4.78, 5) is 14.8. The van der Waals surface area contributed by atoms with Crippen LogP contribution in [0, 0.1) is 0 Å². The lowest BCUT2D eigenvalue weighted by atomic mass is 10.4. The molecule has 0 saturated carbocycles. The van der Waals surface area contributed by atoms with E-state index in [-0.39, 0.29) is 18.2 Å². The van der Waals surface area contributed by atoms with E-state index in [0.29, 0.717) is 0 Å². The third-order valence-corrected chi connectivity index (χ3v) is 1.12. The molecule has 0 fully saturated rings. The molecule has 0 N–H and O–H groups in total. The van der Waals surface area contributed by atoms with Gasteiger partial charge in [0.25, 0.3) is 0 Å². The summed E-state index contributed by atoms with van der Waals surface area (Å²) < 4.78 is 6.10. The normalized spacial score (nSPS) is 10.0. The maximum absolute atomic E-state index is 11.0. The second-order valence-corrected chi connectivity index (χ2v) is 2.10. The largest absolute Gasteiger partial charge is 0.376 e. The molecule has 1 aromatic rings. The molecule has 0 aliphatic rings. The summed E-state index contributed by atoms with van der Waals surface area (Å²) in [6, 6.07) is 0. The van der Waals surface area contributed by atoms with Crippen LogP contribution >= 0.6 is 0 Å². The predicted molar refractivity (Wildman–Crippen MR) is 37.2 cm³/mol. The Balaban J connectivity index is 2.69. The number of ketones is 1. The van der Waals surface area contributed by atoms with E-state index in [1.54, 1.807) is 7.05 Å². The summed E-state index contributed by atoms with van der Waals surface area (Å²) in [5, 5.41) is 3.81. The molecule has 0 aromatic carbocycles. The zero-order valence-electron chi connectivity index (χ0n) is 6.44. The zero-order chi connectivity index (χ0) is 8.27. The number of aromatic nitrogens is 3. The average molecular weight is 155 g/mol. The van der Waals surface area contributed by atoms with E-state index in [4.69, 9.17) is 0 Å². The molecule has 5 heteroatoms. The topological polar surface area (TPSA) is 57.0 Å². The van der Waals surface area contributed by atoms with E-state index in [1.807, 2.05) is 0 Å². The van der Waals surface area contributed by atoms with Crippen LogP contribution in [0.5, 0.6) is 0 Å². The summed E-state index contributed by atoms with van der Waals surface area (Å²) in [5.74, 6) is 0.00227. The van der Waals surface area contributed by atoms with Crippen LogP contribution in [0.15, 0.2) is 6.33 Å². The van der Waals surface area contributed by atoms with Crippen molar-refractivity contribution in [3.05, 3.63) is 12.2 Å². The molecule has 0 aliphatic heterocycles. The minimum atomic E-state index is -0.201. The number of methoxy groups -OCH3 is 1. The Labute approximate surface area is 64.0 Å². The van der Waals surface area contributed by atoms with Gasteiger partial charge in [0.2, 0.25) is 11.6 Å². The lowest BCUT2D eigenvalue weighted by Crippen LogP contribution is -2.09. The summed E-state index contributed by atoms with van der Waals surface area (Å²) in [7, 11) is 3.16. The SMILES string of the molecule is COCC(=O)c1ncn(C)n1. The highest BCUT2D eigenvalue weighted by Gasteiger charge is 2.08. The second kappa shape index (κ2) is 3.25. The monoisotopic (exact) mass is 155 g/mol. The summed E-state index contributed by atoms with van der Waals surface area (Å²) in [5.41, 5.74) is 0. The van der Waals surface area contributed by atoms with Gasteiger partial charge in [0, 0.05) is 14.2 Å². The maximum atomic E-state index is 11.0. The highest BCUT2D eigenvalue weighted by Crippen LogP contribution is 1.89. The van der Waals surface area contributed by atoms with Crippen LogP contribution in [-0.2, 0) is 11.8 Å². The summed E-state index contributed by atoms with van der Waals surface area (Å²) in [6.45, 7) is 0.0318. The number of carbonyl (C=O) groups is 1. The number of nitrogens with zero attached hydrogens (tertiary/aromatic N) is 3. The molecule has 0 radical (unpaired) electrons. The Morgan fingerprint density at radius 1 is 1.82 bits per heavy atom. The van der Waals surface area contributed by atoms with Crippen LogP contribution in [0.2, 0.25) is 0 Å². The van der Waals surface area contributed by atoms with E-state index >= 15 is 0 Å². The van der Waals surface area contributed by atoms with Gasteiger partial charge in [0.15, 0.2) is 0 Å². The smallest absolute Gasteiger partial charge is 0.227 e. The first kappa shape index (κ1) is 7.87. The molecule has 60 valence electrons. The van der Waals surface area contributed by atoms with Crippen LogP contribution < -0.4 is 0 Å². The van der Waals surface area contributed by atoms with E-state index in [2.05, 4.69) is 14.8 Å². The van der Waals surface area contributed by atoms with Crippen molar-refractivity contribution >= 4 is 5.78 Å². The van der Waals surface area contributed by atoms with Gasteiger partial charge in [-0.1, -0.05) is 0 Å². The number of aryl methyl sites for hydroxylation is 1. The minimum absolute atomic E-state index is 0.0318. The van der Waals surface area contributed by atoms with Crippen molar-refractivity contribution in [1.82, 2.24) is 14.8 Å². The maximum Gasteiger partial charge on any atom is 0.227 e. The average Bonchev–Trinajstić information content (AvgIpc) is 2.36.